The molecule has 2 N–H and O–H groups in total. The van der Waals surface area contributed by atoms with Gasteiger partial charge in [0.15, 0.2) is 0 Å². The predicted octanol–water partition coefficient (Wildman–Crippen LogP) is 2.17. The summed E-state index contributed by atoms with van der Waals surface area (Å²) in [5.41, 5.74) is 0.530. The van der Waals surface area contributed by atoms with Crippen LogP contribution >= 0.6 is 0 Å². The van der Waals surface area contributed by atoms with Crippen LogP contribution in [0.25, 0.3) is 0 Å². The Kier molecular flexibility index (Phi) is 3.98. The molecule has 0 unspecified atom stereocenters. The number of ether oxygens (including phenoxy) is 2. The average Bonchev–Trinajstić information content (AvgIpc) is 3.15. The van der Waals surface area contributed by atoms with Crippen LogP contribution in [0.1, 0.15) is 6.42 Å². The lowest BCUT2D eigenvalue weighted by Gasteiger charge is -2.24. The zero-order chi connectivity index (χ0) is 16.6. The number of amides is 1. The molecule has 0 spiro atoms. The maximum absolute atomic E-state index is 12.6. The maximum Gasteiger partial charge on any atom is 0.307 e. The third kappa shape index (κ3) is 2.76. The highest BCUT2D eigenvalue weighted by molar-refractivity contribution is 5.96. The summed E-state index contributed by atoms with van der Waals surface area (Å²) in [6.45, 7) is 0. The molecule has 3 rings (SSSR count). The smallest absolute Gasteiger partial charge is 0.307 e. The molecule has 2 bridgehead atoms. The van der Waals surface area contributed by atoms with Crippen LogP contribution in [-0.4, -0.2) is 31.2 Å². The quantitative estimate of drug-likeness (QED) is 0.813. The number of carbonyl (C=O) groups excluding carboxylic acids is 1. The summed E-state index contributed by atoms with van der Waals surface area (Å²) in [6, 6.07) is 5.06. The molecular weight excluding hydrogens is 298 g/mol. The molecule has 0 aliphatic heterocycles. The fourth-order valence-electron chi connectivity index (χ4n) is 3.62. The van der Waals surface area contributed by atoms with E-state index in [9.17, 15) is 14.7 Å². The lowest BCUT2D eigenvalue weighted by Crippen LogP contribution is -2.36. The fraction of sp³-hybridized carbons (Fsp3) is 0.412. The van der Waals surface area contributed by atoms with Crippen LogP contribution in [-0.2, 0) is 9.59 Å². The zero-order valence-corrected chi connectivity index (χ0v) is 13.0. The minimum atomic E-state index is -0.912. The van der Waals surface area contributed by atoms with Gasteiger partial charge >= 0.3 is 5.97 Å². The summed E-state index contributed by atoms with van der Waals surface area (Å²) in [4.78, 5) is 24.1. The molecule has 2 aliphatic carbocycles. The van der Waals surface area contributed by atoms with E-state index in [1.807, 2.05) is 12.2 Å². The van der Waals surface area contributed by atoms with E-state index < -0.39 is 17.8 Å². The molecule has 0 aromatic heterocycles. The Bertz CT molecular complexity index is 647. The standard InChI is InChI=1S/C17H19NO5/c1-22-12-6-11(7-13(8-12)23-2)18-16(19)14-9-3-4-10(5-9)15(14)17(20)21/h3-4,6-10,14-15H,5H2,1-2H3,(H,18,19)(H,20,21)/t9-,10-,14+,15+/m0/s1. The van der Waals surface area contributed by atoms with Gasteiger partial charge in [-0.1, -0.05) is 12.2 Å². The first-order valence-electron chi connectivity index (χ1n) is 7.48. The van der Waals surface area contributed by atoms with Gasteiger partial charge in [-0.15, -0.1) is 0 Å². The van der Waals surface area contributed by atoms with Crippen molar-refractivity contribution in [2.45, 2.75) is 6.42 Å². The highest BCUT2D eigenvalue weighted by atomic mass is 16.5. The molecule has 23 heavy (non-hydrogen) atoms. The summed E-state index contributed by atoms with van der Waals surface area (Å²) in [6.07, 6.45) is 4.61. The van der Waals surface area contributed by atoms with Crippen LogP contribution in [0, 0.1) is 23.7 Å². The number of methoxy groups -OCH3 is 2. The van der Waals surface area contributed by atoms with Crippen molar-refractivity contribution in [1.29, 1.82) is 0 Å². The van der Waals surface area contributed by atoms with E-state index in [1.54, 1.807) is 18.2 Å². The first-order chi connectivity index (χ1) is 11.0. The molecule has 2 aliphatic rings. The number of fused-ring (bicyclic) bond motifs is 2. The number of nitrogens with one attached hydrogen (secondary N) is 1. The Balaban J connectivity index is 1.82. The van der Waals surface area contributed by atoms with Crippen LogP contribution in [0.4, 0.5) is 5.69 Å². The van der Waals surface area contributed by atoms with Gasteiger partial charge in [0.1, 0.15) is 11.5 Å². The van der Waals surface area contributed by atoms with E-state index in [1.165, 1.54) is 14.2 Å². The van der Waals surface area contributed by atoms with E-state index >= 15 is 0 Å². The molecule has 1 aromatic carbocycles. The fourth-order valence-corrected chi connectivity index (χ4v) is 3.62. The molecule has 1 aromatic rings. The van der Waals surface area contributed by atoms with Crippen molar-refractivity contribution in [3.8, 4) is 11.5 Å². The van der Waals surface area contributed by atoms with Crippen LogP contribution in [0.2, 0.25) is 0 Å². The Morgan fingerprint density at radius 3 is 2.13 bits per heavy atom. The monoisotopic (exact) mass is 317 g/mol. The number of anilines is 1. The van der Waals surface area contributed by atoms with Crippen molar-refractivity contribution in [2.24, 2.45) is 23.7 Å². The van der Waals surface area contributed by atoms with Crippen molar-refractivity contribution in [1.82, 2.24) is 0 Å². The van der Waals surface area contributed by atoms with Crippen molar-refractivity contribution >= 4 is 17.6 Å². The van der Waals surface area contributed by atoms with E-state index in [2.05, 4.69) is 5.32 Å². The van der Waals surface area contributed by atoms with Gasteiger partial charge in [-0.3, -0.25) is 9.59 Å². The first kappa shape index (κ1) is 15.4. The Morgan fingerprint density at radius 2 is 1.61 bits per heavy atom. The van der Waals surface area contributed by atoms with E-state index in [-0.39, 0.29) is 17.7 Å². The molecule has 4 atom stereocenters. The van der Waals surface area contributed by atoms with Crippen molar-refractivity contribution in [3.63, 3.8) is 0 Å². The number of benzene rings is 1. The van der Waals surface area contributed by atoms with Crippen LogP contribution in [0.5, 0.6) is 11.5 Å². The molecule has 1 amide bonds. The summed E-state index contributed by atoms with van der Waals surface area (Å²) >= 11 is 0. The zero-order valence-electron chi connectivity index (χ0n) is 13.0. The van der Waals surface area contributed by atoms with E-state index in [0.29, 0.717) is 17.2 Å². The molecular formula is C17H19NO5. The molecule has 6 heteroatoms. The number of carboxylic acids is 1. The number of hydrogen-bond acceptors (Lipinski definition) is 4. The topological polar surface area (TPSA) is 84.9 Å². The number of rotatable bonds is 5. The Hall–Kier alpha value is -2.50. The van der Waals surface area contributed by atoms with Crippen molar-refractivity contribution in [3.05, 3.63) is 30.4 Å². The highest BCUT2D eigenvalue weighted by Gasteiger charge is 2.51. The second-order valence-electron chi connectivity index (χ2n) is 5.93. The molecule has 0 saturated heterocycles. The Morgan fingerprint density at radius 1 is 1.04 bits per heavy atom. The van der Waals surface area contributed by atoms with E-state index in [0.717, 1.165) is 6.42 Å². The third-order valence-corrected chi connectivity index (χ3v) is 4.67. The minimum Gasteiger partial charge on any atom is -0.497 e. The maximum atomic E-state index is 12.6. The highest BCUT2D eigenvalue weighted by Crippen LogP contribution is 2.48. The summed E-state index contributed by atoms with van der Waals surface area (Å²) in [5.74, 6) is -1.32. The molecule has 0 heterocycles. The number of aliphatic carboxylic acids is 1. The van der Waals surface area contributed by atoms with Gasteiger partial charge in [0, 0.05) is 23.9 Å². The lowest BCUT2D eigenvalue weighted by atomic mass is 9.82. The largest absolute Gasteiger partial charge is 0.497 e. The summed E-state index contributed by atoms with van der Waals surface area (Å²) < 4.78 is 10.4. The summed E-state index contributed by atoms with van der Waals surface area (Å²) in [7, 11) is 3.06. The number of allylic oxidation sites excluding steroid dienone is 2. The average molecular weight is 317 g/mol. The lowest BCUT2D eigenvalue weighted by molar-refractivity contribution is -0.146. The normalized spacial score (nSPS) is 27.7. The second kappa shape index (κ2) is 5.95. The van der Waals surface area contributed by atoms with Gasteiger partial charge in [0.2, 0.25) is 5.91 Å². The Labute approximate surface area is 134 Å². The van der Waals surface area contributed by atoms with E-state index in [4.69, 9.17) is 9.47 Å². The van der Waals surface area contributed by atoms with Crippen LogP contribution < -0.4 is 14.8 Å². The molecule has 1 saturated carbocycles. The number of hydrogen-bond donors (Lipinski definition) is 2. The SMILES string of the molecule is COc1cc(NC(=O)[C@H]2[C@H](C(=O)O)[C@H]3C=C[C@H]2C3)cc(OC)c1. The van der Waals surface area contributed by atoms with Gasteiger partial charge in [-0.2, -0.15) is 0 Å². The third-order valence-electron chi connectivity index (χ3n) is 4.67. The van der Waals surface area contributed by atoms with Crippen molar-refractivity contribution < 1.29 is 24.2 Å². The predicted molar refractivity (Wildman–Crippen MR) is 83.5 cm³/mol. The molecule has 122 valence electrons. The molecule has 6 nitrogen and oxygen atoms in total. The van der Waals surface area contributed by atoms with Gasteiger partial charge in [-0.05, 0) is 18.3 Å². The number of carboxylic acid groups (broad SMARTS) is 1. The summed E-state index contributed by atoms with van der Waals surface area (Å²) in [5, 5.41) is 12.2. The number of carbonyl (C=O) groups is 2. The minimum absolute atomic E-state index is 0.00592. The van der Waals surface area contributed by atoms with Crippen molar-refractivity contribution in [2.75, 3.05) is 19.5 Å². The van der Waals surface area contributed by atoms with Gasteiger partial charge in [0.05, 0.1) is 26.1 Å². The molecule has 0 radical (unpaired) electrons. The van der Waals surface area contributed by atoms with Crippen LogP contribution in [0.15, 0.2) is 30.4 Å². The first-order valence-corrected chi connectivity index (χ1v) is 7.48. The van der Waals surface area contributed by atoms with Gasteiger partial charge in [-0.25, -0.2) is 0 Å². The van der Waals surface area contributed by atoms with Crippen LogP contribution in [0.3, 0.4) is 0 Å². The molecule has 1 fully saturated rings. The van der Waals surface area contributed by atoms with Gasteiger partial charge < -0.3 is 19.9 Å². The van der Waals surface area contributed by atoms with Gasteiger partial charge in [0.25, 0.3) is 0 Å². The second-order valence-corrected chi connectivity index (χ2v) is 5.93.